The third kappa shape index (κ3) is 4.59. The topological polar surface area (TPSA) is 48.0 Å². The Morgan fingerprint density at radius 2 is 1.85 bits per heavy atom. The predicted molar refractivity (Wildman–Crippen MR) is 96.4 cm³/mol. The Morgan fingerprint density at radius 1 is 1.19 bits per heavy atom. The van der Waals surface area contributed by atoms with E-state index in [0.29, 0.717) is 5.75 Å². The van der Waals surface area contributed by atoms with Gasteiger partial charge in [-0.05, 0) is 45.7 Å². The van der Waals surface area contributed by atoms with Crippen LogP contribution in [0, 0.1) is 0 Å². The van der Waals surface area contributed by atoms with E-state index in [1.807, 2.05) is 37.8 Å². The second-order valence-electron chi connectivity index (χ2n) is 8.00. The summed E-state index contributed by atoms with van der Waals surface area (Å²) >= 11 is 0. The molecule has 1 unspecified atom stereocenters. The molecule has 144 valence electrons. The fraction of sp³-hybridized carbons (Fsp3) is 0.650. The molecule has 0 spiro atoms. The van der Waals surface area contributed by atoms with Gasteiger partial charge in [-0.2, -0.15) is 0 Å². The molecule has 2 aliphatic rings. The molecule has 1 aromatic carbocycles. The summed E-state index contributed by atoms with van der Waals surface area (Å²) in [4.78, 5) is 14.4. The van der Waals surface area contributed by atoms with Gasteiger partial charge in [0.25, 0.3) is 0 Å². The zero-order valence-electron chi connectivity index (χ0n) is 15.7. The van der Waals surface area contributed by atoms with Gasteiger partial charge in [0.2, 0.25) is 0 Å². The van der Waals surface area contributed by atoms with Gasteiger partial charge < -0.3 is 19.1 Å². The van der Waals surface area contributed by atoms with Crippen LogP contribution in [0.5, 0.6) is 11.5 Å². The molecule has 0 N–H and O–H groups in total. The first-order chi connectivity index (χ1) is 12.4. The number of hydrogen-bond donors (Lipinski definition) is 0. The molecule has 0 aromatic heterocycles. The van der Waals surface area contributed by atoms with Crippen LogP contribution >= 0.6 is 0 Å². The first kappa shape index (κ1) is 18.8. The highest BCUT2D eigenvalue weighted by molar-refractivity contribution is 5.69. The van der Waals surface area contributed by atoms with E-state index in [-0.39, 0.29) is 30.9 Å². The zero-order chi connectivity index (χ0) is 18.7. The normalized spacial score (nSPS) is 25.1. The molecule has 3 atom stereocenters. The van der Waals surface area contributed by atoms with Crippen LogP contribution in [0.1, 0.15) is 46.5 Å². The number of fused-ring (bicyclic) bond motifs is 2. The van der Waals surface area contributed by atoms with Crippen molar-refractivity contribution in [1.29, 1.82) is 0 Å². The molecule has 26 heavy (non-hydrogen) atoms. The SMILES string of the molecule is CC(C)(C)OC(=O)N1[C@@H]2CC[C@H]1CC(Oc1cccc(OCCF)c1)C2. The third-order valence-electron chi connectivity index (χ3n) is 4.75. The van der Waals surface area contributed by atoms with Gasteiger partial charge in [0.15, 0.2) is 0 Å². The summed E-state index contributed by atoms with van der Waals surface area (Å²) in [6.45, 7) is 5.20. The van der Waals surface area contributed by atoms with E-state index in [1.165, 1.54) is 0 Å². The maximum atomic E-state index is 12.5. The number of benzene rings is 1. The van der Waals surface area contributed by atoms with Gasteiger partial charge >= 0.3 is 6.09 Å². The molecular weight excluding hydrogens is 337 g/mol. The van der Waals surface area contributed by atoms with E-state index >= 15 is 0 Å². The lowest BCUT2D eigenvalue weighted by Crippen LogP contribution is -2.50. The number of hydrogen-bond acceptors (Lipinski definition) is 4. The summed E-state index contributed by atoms with van der Waals surface area (Å²) in [7, 11) is 0. The Morgan fingerprint density at radius 3 is 2.46 bits per heavy atom. The van der Waals surface area contributed by atoms with Crippen LogP contribution in [0.4, 0.5) is 9.18 Å². The molecule has 0 aliphatic carbocycles. The Balaban J connectivity index is 1.60. The average Bonchev–Trinajstić information content (AvgIpc) is 2.83. The summed E-state index contributed by atoms with van der Waals surface area (Å²) in [5.74, 6) is 1.32. The molecule has 5 nitrogen and oxygen atoms in total. The number of alkyl halides is 1. The van der Waals surface area contributed by atoms with Gasteiger partial charge in [-0.1, -0.05) is 6.07 Å². The highest BCUT2D eigenvalue weighted by Gasteiger charge is 2.45. The van der Waals surface area contributed by atoms with Gasteiger partial charge in [0, 0.05) is 31.0 Å². The Labute approximate surface area is 154 Å². The molecule has 6 heteroatoms. The Kier molecular flexibility index (Phi) is 5.58. The number of carbonyl (C=O) groups excluding carboxylic acids is 1. The standard InChI is InChI=1S/C20H28FNO4/c1-20(2,3)26-19(23)22-14-7-8-15(22)12-18(11-14)25-17-6-4-5-16(13-17)24-10-9-21/h4-6,13-15,18H,7-12H2,1-3H3/t14-,15+,18?. The molecule has 3 rings (SSSR count). The number of nitrogens with zero attached hydrogens (tertiary/aromatic N) is 1. The second kappa shape index (κ2) is 7.72. The predicted octanol–water partition coefficient (Wildman–Crippen LogP) is 4.34. The Hall–Kier alpha value is -1.98. The lowest BCUT2D eigenvalue weighted by Gasteiger charge is -2.39. The van der Waals surface area contributed by atoms with Crippen molar-refractivity contribution in [1.82, 2.24) is 4.90 Å². The summed E-state index contributed by atoms with van der Waals surface area (Å²) in [5.41, 5.74) is -0.482. The summed E-state index contributed by atoms with van der Waals surface area (Å²) < 4.78 is 29.3. The number of rotatable bonds is 5. The van der Waals surface area contributed by atoms with Crippen molar-refractivity contribution in [3.8, 4) is 11.5 Å². The average molecular weight is 365 g/mol. The first-order valence-electron chi connectivity index (χ1n) is 9.32. The highest BCUT2D eigenvalue weighted by atomic mass is 19.1. The lowest BCUT2D eigenvalue weighted by atomic mass is 10.00. The molecule has 1 amide bonds. The van der Waals surface area contributed by atoms with E-state index in [1.54, 1.807) is 12.1 Å². The number of ether oxygens (including phenoxy) is 3. The van der Waals surface area contributed by atoms with Crippen LogP contribution in [0.25, 0.3) is 0 Å². The monoisotopic (exact) mass is 365 g/mol. The van der Waals surface area contributed by atoms with Gasteiger partial charge in [-0.3, -0.25) is 0 Å². The second-order valence-corrected chi connectivity index (χ2v) is 8.00. The van der Waals surface area contributed by atoms with Crippen molar-refractivity contribution in [3.05, 3.63) is 24.3 Å². The van der Waals surface area contributed by atoms with Gasteiger partial charge in [0.05, 0.1) is 0 Å². The number of carbonyl (C=O) groups is 1. The van der Waals surface area contributed by atoms with E-state index in [2.05, 4.69) is 0 Å². The van der Waals surface area contributed by atoms with Gasteiger partial charge in [-0.15, -0.1) is 0 Å². The van der Waals surface area contributed by atoms with E-state index in [9.17, 15) is 9.18 Å². The Bertz CT molecular complexity index is 616. The van der Waals surface area contributed by atoms with E-state index in [0.717, 1.165) is 31.4 Å². The molecular formula is C20H28FNO4. The number of piperidine rings is 1. The molecule has 1 aromatic rings. The summed E-state index contributed by atoms with van der Waals surface area (Å²) in [5, 5.41) is 0. The molecule has 2 bridgehead atoms. The maximum Gasteiger partial charge on any atom is 0.410 e. The van der Waals surface area contributed by atoms with Crippen molar-refractivity contribution in [3.63, 3.8) is 0 Å². The molecule has 0 saturated carbocycles. The van der Waals surface area contributed by atoms with Crippen molar-refractivity contribution < 1.29 is 23.4 Å². The highest BCUT2D eigenvalue weighted by Crippen LogP contribution is 2.38. The van der Waals surface area contributed by atoms with Crippen LogP contribution < -0.4 is 9.47 Å². The number of halogens is 1. The van der Waals surface area contributed by atoms with Crippen LogP contribution in [-0.4, -0.2) is 48.1 Å². The van der Waals surface area contributed by atoms with Gasteiger partial charge in [0.1, 0.15) is 36.5 Å². The maximum absolute atomic E-state index is 12.5. The minimum absolute atomic E-state index is 0.0435. The zero-order valence-corrected chi connectivity index (χ0v) is 15.7. The van der Waals surface area contributed by atoms with Crippen molar-refractivity contribution in [2.24, 2.45) is 0 Å². The first-order valence-corrected chi connectivity index (χ1v) is 9.32. The fourth-order valence-electron chi connectivity index (χ4n) is 3.82. The van der Waals surface area contributed by atoms with E-state index in [4.69, 9.17) is 14.2 Å². The summed E-state index contributed by atoms with van der Waals surface area (Å²) in [6.07, 6.45) is 3.41. The fourth-order valence-corrected chi connectivity index (χ4v) is 3.82. The smallest absolute Gasteiger partial charge is 0.410 e. The molecule has 2 heterocycles. The van der Waals surface area contributed by atoms with Crippen molar-refractivity contribution in [2.45, 2.75) is 70.2 Å². The van der Waals surface area contributed by atoms with Crippen LogP contribution in [0.15, 0.2) is 24.3 Å². The minimum Gasteiger partial charge on any atom is -0.491 e. The third-order valence-corrected chi connectivity index (χ3v) is 4.75. The molecule has 2 fully saturated rings. The molecule has 2 saturated heterocycles. The largest absolute Gasteiger partial charge is 0.491 e. The molecule has 0 radical (unpaired) electrons. The van der Waals surface area contributed by atoms with E-state index < -0.39 is 12.3 Å². The van der Waals surface area contributed by atoms with Crippen LogP contribution in [0.3, 0.4) is 0 Å². The van der Waals surface area contributed by atoms with Crippen molar-refractivity contribution in [2.75, 3.05) is 13.3 Å². The van der Waals surface area contributed by atoms with Crippen LogP contribution in [-0.2, 0) is 4.74 Å². The minimum atomic E-state index is -0.516. The number of amides is 1. The molecule has 2 aliphatic heterocycles. The summed E-state index contributed by atoms with van der Waals surface area (Å²) in [6, 6.07) is 7.63. The quantitative estimate of drug-likeness (QED) is 0.779. The lowest BCUT2D eigenvalue weighted by molar-refractivity contribution is -0.00708. The van der Waals surface area contributed by atoms with Crippen molar-refractivity contribution >= 4 is 6.09 Å². The van der Waals surface area contributed by atoms with Gasteiger partial charge in [-0.25, -0.2) is 9.18 Å². The van der Waals surface area contributed by atoms with Crippen LogP contribution in [0.2, 0.25) is 0 Å².